The lowest BCUT2D eigenvalue weighted by Gasteiger charge is -2.12. The third-order valence-electron chi connectivity index (χ3n) is 3.95. The van der Waals surface area contributed by atoms with E-state index >= 15 is 0 Å². The molecule has 3 aromatic rings. The molecule has 0 atom stereocenters. The van der Waals surface area contributed by atoms with Crippen molar-refractivity contribution in [2.45, 2.75) is 0 Å². The van der Waals surface area contributed by atoms with Gasteiger partial charge in [-0.3, -0.25) is 25.2 Å². The molecule has 0 fully saturated rings. The number of carbonyl (C=O) groups is 3. The van der Waals surface area contributed by atoms with Crippen molar-refractivity contribution in [1.29, 1.82) is 0 Å². The zero-order valence-electron chi connectivity index (χ0n) is 14.9. The van der Waals surface area contributed by atoms with Gasteiger partial charge in [0.15, 0.2) is 0 Å². The Morgan fingerprint density at radius 3 is 2.18 bits per heavy atom. The van der Waals surface area contributed by atoms with Crippen LogP contribution in [0.15, 0.2) is 71.3 Å². The molecule has 0 spiro atoms. The van der Waals surface area contributed by atoms with Crippen molar-refractivity contribution >= 4 is 39.3 Å². The molecule has 3 amide bonds. The molecule has 0 saturated heterocycles. The van der Waals surface area contributed by atoms with Gasteiger partial charge < -0.3 is 9.88 Å². The van der Waals surface area contributed by atoms with Gasteiger partial charge >= 0.3 is 0 Å². The number of rotatable bonds is 4. The van der Waals surface area contributed by atoms with Gasteiger partial charge in [0.2, 0.25) is 0 Å². The van der Waals surface area contributed by atoms with E-state index in [0.717, 1.165) is 4.47 Å². The van der Waals surface area contributed by atoms with Crippen LogP contribution in [0.4, 0.5) is 5.69 Å². The SMILES string of the molecule is Cn1cc(Br)cc1C(=O)NNC(=O)c1ccccc1NC(=O)c1ccccc1. The normalized spacial score (nSPS) is 10.2. The molecule has 1 aromatic heterocycles. The van der Waals surface area contributed by atoms with E-state index < -0.39 is 11.8 Å². The van der Waals surface area contributed by atoms with Gasteiger partial charge in [-0.25, -0.2) is 0 Å². The highest BCUT2D eigenvalue weighted by atomic mass is 79.9. The van der Waals surface area contributed by atoms with Gasteiger partial charge in [-0.1, -0.05) is 30.3 Å². The Hall–Kier alpha value is -3.39. The number of carbonyl (C=O) groups excluding carboxylic acids is 3. The first-order valence-electron chi connectivity index (χ1n) is 8.33. The van der Waals surface area contributed by atoms with Crippen LogP contribution in [0.25, 0.3) is 0 Å². The maximum atomic E-state index is 12.5. The summed E-state index contributed by atoms with van der Waals surface area (Å²) >= 11 is 3.29. The molecule has 0 aliphatic heterocycles. The Morgan fingerprint density at radius 1 is 0.857 bits per heavy atom. The van der Waals surface area contributed by atoms with Crippen molar-refractivity contribution in [2.24, 2.45) is 7.05 Å². The molecule has 2 aromatic carbocycles. The minimum Gasteiger partial charge on any atom is -0.345 e. The van der Waals surface area contributed by atoms with Crippen LogP contribution in [0, 0.1) is 0 Å². The van der Waals surface area contributed by atoms with E-state index in [1.165, 1.54) is 0 Å². The lowest BCUT2D eigenvalue weighted by molar-refractivity contribution is 0.0842. The molecule has 8 heteroatoms. The van der Waals surface area contributed by atoms with Gasteiger partial charge in [0, 0.05) is 23.3 Å². The number of hydrogen-bond acceptors (Lipinski definition) is 3. The van der Waals surface area contributed by atoms with Gasteiger partial charge in [0.25, 0.3) is 17.7 Å². The van der Waals surface area contributed by atoms with Crippen LogP contribution in [0.1, 0.15) is 31.2 Å². The number of nitrogens with one attached hydrogen (secondary N) is 3. The zero-order chi connectivity index (χ0) is 20.1. The van der Waals surface area contributed by atoms with Crippen molar-refractivity contribution in [3.8, 4) is 0 Å². The number of para-hydroxylation sites is 1. The third-order valence-corrected chi connectivity index (χ3v) is 4.38. The van der Waals surface area contributed by atoms with Crippen molar-refractivity contribution in [3.63, 3.8) is 0 Å². The van der Waals surface area contributed by atoms with Crippen molar-refractivity contribution in [2.75, 3.05) is 5.32 Å². The first-order valence-corrected chi connectivity index (χ1v) is 9.13. The number of aromatic nitrogens is 1. The van der Waals surface area contributed by atoms with Crippen LogP contribution >= 0.6 is 15.9 Å². The molecule has 7 nitrogen and oxygen atoms in total. The highest BCUT2D eigenvalue weighted by molar-refractivity contribution is 9.10. The van der Waals surface area contributed by atoms with Gasteiger partial charge in [-0.15, -0.1) is 0 Å². The van der Waals surface area contributed by atoms with Gasteiger partial charge in [0.05, 0.1) is 11.3 Å². The minimum atomic E-state index is -0.550. The van der Waals surface area contributed by atoms with Crippen LogP contribution in [0.2, 0.25) is 0 Å². The molecular formula is C20H17BrN4O3. The van der Waals surface area contributed by atoms with Crippen LogP contribution in [0.3, 0.4) is 0 Å². The van der Waals surface area contributed by atoms with Crippen molar-refractivity contribution in [3.05, 3.63) is 88.2 Å². The maximum absolute atomic E-state index is 12.5. The fourth-order valence-corrected chi connectivity index (χ4v) is 3.09. The number of benzene rings is 2. The van der Waals surface area contributed by atoms with E-state index in [4.69, 9.17) is 0 Å². The number of amides is 3. The maximum Gasteiger partial charge on any atom is 0.286 e. The standard InChI is InChI=1S/C20H17BrN4O3/c1-25-12-14(21)11-17(25)20(28)24-23-19(27)15-9-5-6-10-16(15)22-18(26)13-7-3-2-4-8-13/h2-12H,1H3,(H,22,26)(H,23,27)(H,24,28). The summed E-state index contributed by atoms with van der Waals surface area (Å²) in [7, 11) is 1.72. The molecule has 0 saturated carbocycles. The van der Waals surface area contributed by atoms with Crippen molar-refractivity contribution in [1.82, 2.24) is 15.4 Å². The Labute approximate surface area is 169 Å². The highest BCUT2D eigenvalue weighted by Crippen LogP contribution is 2.16. The van der Waals surface area contributed by atoms with E-state index in [1.807, 2.05) is 6.07 Å². The number of hydrazine groups is 1. The fraction of sp³-hybridized carbons (Fsp3) is 0.0500. The second kappa shape index (κ2) is 8.53. The van der Waals surface area contributed by atoms with Gasteiger partial charge in [-0.05, 0) is 46.3 Å². The molecule has 1 heterocycles. The summed E-state index contributed by atoms with van der Waals surface area (Å²) < 4.78 is 2.38. The molecule has 28 heavy (non-hydrogen) atoms. The average Bonchev–Trinajstić information content (AvgIpc) is 3.05. The molecule has 0 unspecified atom stereocenters. The van der Waals surface area contributed by atoms with E-state index in [0.29, 0.717) is 16.9 Å². The summed E-state index contributed by atoms with van der Waals surface area (Å²) in [6, 6.07) is 16.9. The molecule has 0 bridgehead atoms. The Balaban J connectivity index is 1.70. The number of hydrogen-bond donors (Lipinski definition) is 3. The molecule has 142 valence electrons. The van der Waals surface area contributed by atoms with E-state index in [1.54, 1.807) is 72.4 Å². The fourth-order valence-electron chi connectivity index (χ4n) is 2.57. The smallest absolute Gasteiger partial charge is 0.286 e. The van der Waals surface area contributed by atoms with E-state index in [2.05, 4.69) is 32.1 Å². The molecule has 0 aliphatic carbocycles. The third kappa shape index (κ3) is 4.47. The van der Waals surface area contributed by atoms with Crippen molar-refractivity contribution < 1.29 is 14.4 Å². The lowest BCUT2D eigenvalue weighted by atomic mass is 10.1. The zero-order valence-corrected chi connectivity index (χ0v) is 16.5. The number of nitrogens with zero attached hydrogens (tertiary/aromatic N) is 1. The molecule has 3 rings (SSSR count). The number of aryl methyl sites for hydroxylation is 1. The second-order valence-corrected chi connectivity index (χ2v) is 6.84. The predicted molar refractivity (Wildman–Crippen MR) is 109 cm³/mol. The van der Waals surface area contributed by atoms with Crippen LogP contribution in [-0.2, 0) is 7.05 Å². The Morgan fingerprint density at radius 2 is 1.50 bits per heavy atom. The first-order chi connectivity index (χ1) is 13.5. The minimum absolute atomic E-state index is 0.222. The largest absolute Gasteiger partial charge is 0.345 e. The predicted octanol–water partition coefficient (Wildman–Crippen LogP) is 3.11. The molecular weight excluding hydrogens is 424 g/mol. The summed E-state index contributed by atoms with van der Waals surface area (Å²) in [5, 5.41) is 2.72. The van der Waals surface area contributed by atoms with E-state index in [9.17, 15) is 14.4 Å². The van der Waals surface area contributed by atoms with Crippen LogP contribution in [0.5, 0.6) is 0 Å². The molecule has 0 aliphatic rings. The quantitative estimate of drug-likeness (QED) is 0.544. The monoisotopic (exact) mass is 440 g/mol. The Bertz CT molecular complexity index is 1030. The van der Waals surface area contributed by atoms with Crippen LogP contribution < -0.4 is 16.2 Å². The lowest BCUT2D eigenvalue weighted by Crippen LogP contribution is -2.42. The second-order valence-electron chi connectivity index (χ2n) is 5.93. The van der Waals surface area contributed by atoms with Gasteiger partial charge in [-0.2, -0.15) is 0 Å². The molecule has 0 radical (unpaired) electrons. The first kappa shape index (κ1) is 19.4. The summed E-state index contributed by atoms with van der Waals surface area (Å²) in [4.78, 5) is 37.1. The summed E-state index contributed by atoms with van der Waals surface area (Å²) in [6.45, 7) is 0. The Kier molecular flexibility index (Phi) is 5.90. The topological polar surface area (TPSA) is 92.2 Å². The van der Waals surface area contributed by atoms with E-state index in [-0.39, 0.29) is 11.5 Å². The average molecular weight is 441 g/mol. The number of anilines is 1. The van der Waals surface area contributed by atoms with Crippen LogP contribution in [-0.4, -0.2) is 22.3 Å². The van der Waals surface area contributed by atoms with Gasteiger partial charge in [0.1, 0.15) is 5.69 Å². The summed E-state index contributed by atoms with van der Waals surface area (Å²) in [5.41, 5.74) is 6.14. The number of halogens is 1. The highest BCUT2D eigenvalue weighted by Gasteiger charge is 2.16. The molecule has 3 N–H and O–H groups in total. The summed E-state index contributed by atoms with van der Waals surface area (Å²) in [5.74, 6) is -1.35. The summed E-state index contributed by atoms with van der Waals surface area (Å²) in [6.07, 6.45) is 1.73.